The smallest absolute Gasteiger partial charge is 0.410 e. The van der Waals surface area contributed by atoms with Crippen molar-refractivity contribution in [1.29, 1.82) is 0 Å². The lowest BCUT2D eigenvalue weighted by atomic mass is 10.0. The van der Waals surface area contributed by atoms with Gasteiger partial charge in [0.15, 0.2) is 6.04 Å². The van der Waals surface area contributed by atoms with Crippen molar-refractivity contribution in [3.8, 4) is 0 Å². The first-order valence-electron chi connectivity index (χ1n) is 6.16. The van der Waals surface area contributed by atoms with Gasteiger partial charge in [0.25, 0.3) is 0 Å². The number of anilines is 1. The number of carbonyl (C=O) groups is 1. The molecule has 0 bridgehead atoms. The first-order valence-corrected chi connectivity index (χ1v) is 7.36. The molecule has 2 aromatic heterocycles. The van der Waals surface area contributed by atoms with Crippen LogP contribution in [-0.4, -0.2) is 27.0 Å². The summed E-state index contributed by atoms with van der Waals surface area (Å²) in [6.07, 6.45) is -3.89. The first kappa shape index (κ1) is 15.2. The summed E-state index contributed by atoms with van der Waals surface area (Å²) in [5.41, 5.74) is -0.290. The second kappa shape index (κ2) is 5.17. The molecule has 1 aliphatic rings. The van der Waals surface area contributed by atoms with Crippen LogP contribution < -0.4 is 5.32 Å². The molecule has 0 aromatic carbocycles. The van der Waals surface area contributed by atoms with E-state index in [1.165, 1.54) is 0 Å². The number of fused-ring (bicyclic) bond motifs is 1. The van der Waals surface area contributed by atoms with Gasteiger partial charge in [0.1, 0.15) is 11.4 Å². The molecule has 0 unspecified atom stereocenters. The van der Waals surface area contributed by atoms with Gasteiger partial charge in [-0.2, -0.15) is 18.3 Å². The molecular formula is C12H9ClF3N3O2S. The van der Waals surface area contributed by atoms with Crippen LogP contribution in [-0.2, 0) is 0 Å². The molecule has 2 N–H and O–H groups in total. The van der Waals surface area contributed by atoms with E-state index in [4.69, 9.17) is 16.7 Å². The lowest BCUT2D eigenvalue weighted by Crippen LogP contribution is -2.35. The molecule has 1 aliphatic heterocycles. The third-order valence-electron chi connectivity index (χ3n) is 3.41. The van der Waals surface area contributed by atoms with E-state index in [1.807, 2.05) is 0 Å². The fraction of sp³-hybridized carbons (Fsp3) is 0.333. The lowest BCUT2D eigenvalue weighted by molar-refractivity contribution is -0.173. The summed E-state index contributed by atoms with van der Waals surface area (Å²) in [5, 5.41) is 15.5. The van der Waals surface area contributed by atoms with E-state index >= 15 is 0 Å². The van der Waals surface area contributed by atoms with Crippen molar-refractivity contribution in [3.05, 3.63) is 33.1 Å². The molecule has 3 heterocycles. The Labute approximate surface area is 131 Å². The fourth-order valence-corrected chi connectivity index (χ4v) is 3.55. The number of halogens is 4. The number of rotatable bonds is 2. The van der Waals surface area contributed by atoms with Crippen LogP contribution in [0.1, 0.15) is 33.7 Å². The predicted octanol–water partition coefficient (Wildman–Crippen LogP) is 3.96. The summed E-state index contributed by atoms with van der Waals surface area (Å²) in [7, 11) is 0. The second-order valence-electron chi connectivity index (χ2n) is 4.79. The molecule has 0 saturated heterocycles. The van der Waals surface area contributed by atoms with Crippen molar-refractivity contribution in [2.24, 2.45) is 0 Å². The number of hydrogen-bond acceptors (Lipinski definition) is 4. The van der Waals surface area contributed by atoms with Crippen molar-refractivity contribution >= 4 is 34.7 Å². The van der Waals surface area contributed by atoms with Crippen LogP contribution in [0.5, 0.6) is 0 Å². The molecule has 0 aliphatic carbocycles. The Morgan fingerprint density at radius 1 is 1.50 bits per heavy atom. The average molecular weight is 352 g/mol. The van der Waals surface area contributed by atoms with E-state index in [0.29, 0.717) is 13.9 Å². The van der Waals surface area contributed by atoms with Crippen LogP contribution in [0, 0.1) is 0 Å². The van der Waals surface area contributed by atoms with Crippen LogP contribution in [0.25, 0.3) is 0 Å². The highest BCUT2D eigenvalue weighted by molar-refractivity contribution is 7.16. The Hall–Kier alpha value is -1.74. The second-order valence-corrected chi connectivity index (χ2v) is 6.54. The van der Waals surface area contributed by atoms with E-state index in [2.05, 4.69) is 10.4 Å². The number of aromatic nitrogens is 2. The molecule has 3 rings (SSSR count). The Bertz CT molecular complexity index is 728. The number of carboxylic acid groups (broad SMARTS) is 1. The van der Waals surface area contributed by atoms with Gasteiger partial charge < -0.3 is 10.4 Å². The van der Waals surface area contributed by atoms with Crippen LogP contribution in [0.2, 0.25) is 4.34 Å². The minimum Gasteiger partial charge on any atom is -0.477 e. The number of thiophene rings is 1. The Morgan fingerprint density at radius 3 is 2.77 bits per heavy atom. The van der Waals surface area contributed by atoms with Gasteiger partial charge in [0.2, 0.25) is 0 Å². The van der Waals surface area contributed by atoms with Crippen LogP contribution in [0.3, 0.4) is 0 Å². The topological polar surface area (TPSA) is 67.1 Å². The van der Waals surface area contributed by atoms with Gasteiger partial charge >= 0.3 is 12.1 Å². The van der Waals surface area contributed by atoms with Crippen molar-refractivity contribution in [1.82, 2.24) is 9.78 Å². The maximum atomic E-state index is 13.3. The third kappa shape index (κ3) is 2.54. The Balaban J connectivity index is 2.06. The number of nitrogens with zero attached hydrogens (tertiary/aromatic N) is 2. The standard InChI is InChI=1S/C12H9ClF3N3O2S/c13-9-2-1-7(22-9)6-3-8(12(14,15)16)19-10(18-6)5(4-17-19)11(20)21/h1-2,4,6,8,18H,3H2,(H,20,21)/t6-,8-/m0/s1. The molecule has 5 nitrogen and oxygen atoms in total. The van der Waals surface area contributed by atoms with Crippen LogP contribution in [0.15, 0.2) is 18.3 Å². The summed E-state index contributed by atoms with van der Waals surface area (Å²) < 4.78 is 40.9. The van der Waals surface area contributed by atoms with Gasteiger partial charge in [-0.1, -0.05) is 11.6 Å². The highest BCUT2D eigenvalue weighted by atomic mass is 35.5. The minimum absolute atomic E-state index is 0.143. The monoisotopic (exact) mass is 351 g/mol. The molecule has 0 fully saturated rings. The summed E-state index contributed by atoms with van der Waals surface area (Å²) in [6, 6.07) is 0.662. The normalized spacial score (nSPS) is 21.3. The molecule has 22 heavy (non-hydrogen) atoms. The van der Waals surface area contributed by atoms with Gasteiger partial charge in [0, 0.05) is 11.3 Å². The number of nitrogens with one attached hydrogen (secondary N) is 1. The molecule has 118 valence electrons. The quantitative estimate of drug-likeness (QED) is 0.859. The van der Waals surface area contributed by atoms with Gasteiger partial charge in [0.05, 0.1) is 16.6 Å². The highest BCUT2D eigenvalue weighted by Gasteiger charge is 2.47. The zero-order valence-corrected chi connectivity index (χ0v) is 12.3. The van der Waals surface area contributed by atoms with Crippen molar-refractivity contribution in [2.45, 2.75) is 24.7 Å². The molecule has 0 spiro atoms. The number of aromatic carboxylic acids is 1. The average Bonchev–Trinajstić information content (AvgIpc) is 3.02. The van der Waals surface area contributed by atoms with Gasteiger partial charge in [-0.15, -0.1) is 11.3 Å². The van der Waals surface area contributed by atoms with Crippen molar-refractivity contribution in [2.75, 3.05) is 5.32 Å². The molecule has 2 aromatic rings. The molecule has 2 atom stereocenters. The van der Waals surface area contributed by atoms with E-state index in [-0.39, 0.29) is 17.8 Å². The SMILES string of the molecule is O=C(O)c1cnn2c1N[C@H](c1ccc(Cl)s1)C[C@H]2C(F)(F)F. The summed E-state index contributed by atoms with van der Waals surface area (Å²) in [4.78, 5) is 11.8. The minimum atomic E-state index is -4.53. The van der Waals surface area contributed by atoms with Gasteiger partial charge in [-0.3, -0.25) is 0 Å². The Morgan fingerprint density at radius 2 is 2.23 bits per heavy atom. The van der Waals surface area contributed by atoms with Crippen molar-refractivity contribution in [3.63, 3.8) is 0 Å². The molecule has 0 amide bonds. The zero-order valence-electron chi connectivity index (χ0n) is 10.8. The number of alkyl halides is 3. The predicted molar refractivity (Wildman–Crippen MR) is 74.6 cm³/mol. The third-order valence-corrected chi connectivity index (χ3v) is 4.75. The Kier molecular flexibility index (Phi) is 3.56. The maximum Gasteiger partial charge on any atom is 0.410 e. The van der Waals surface area contributed by atoms with E-state index in [0.717, 1.165) is 17.5 Å². The van der Waals surface area contributed by atoms with Gasteiger partial charge in [-0.25, -0.2) is 9.48 Å². The van der Waals surface area contributed by atoms with Gasteiger partial charge in [-0.05, 0) is 12.1 Å². The van der Waals surface area contributed by atoms with Crippen molar-refractivity contribution < 1.29 is 23.1 Å². The molecule has 10 heteroatoms. The van der Waals surface area contributed by atoms with Crippen LogP contribution in [0.4, 0.5) is 19.0 Å². The molecule has 0 saturated carbocycles. The molecular weight excluding hydrogens is 343 g/mol. The maximum absolute atomic E-state index is 13.3. The lowest BCUT2D eigenvalue weighted by Gasteiger charge is -2.33. The van der Waals surface area contributed by atoms with E-state index < -0.39 is 24.2 Å². The fourth-order valence-electron chi connectivity index (χ4n) is 2.42. The largest absolute Gasteiger partial charge is 0.477 e. The van der Waals surface area contributed by atoms with E-state index in [9.17, 15) is 18.0 Å². The zero-order chi connectivity index (χ0) is 16.1. The summed E-state index contributed by atoms with van der Waals surface area (Å²) in [5.74, 6) is -1.48. The number of carboxylic acids is 1. The van der Waals surface area contributed by atoms with E-state index in [1.54, 1.807) is 12.1 Å². The first-order chi connectivity index (χ1) is 10.3. The van der Waals surface area contributed by atoms with Crippen LogP contribution >= 0.6 is 22.9 Å². The summed E-state index contributed by atoms with van der Waals surface area (Å²) >= 11 is 6.98. The number of hydrogen-bond donors (Lipinski definition) is 2. The summed E-state index contributed by atoms with van der Waals surface area (Å²) in [6.45, 7) is 0. The highest BCUT2D eigenvalue weighted by Crippen LogP contribution is 2.45. The molecule has 0 radical (unpaired) electrons.